The quantitative estimate of drug-likeness (QED) is 0.642. The third-order valence-corrected chi connectivity index (χ3v) is 6.54. The van der Waals surface area contributed by atoms with Crippen LogP contribution in [0, 0.1) is 6.92 Å². The molecule has 3 N–H and O–H groups in total. The molecule has 0 amide bonds. The number of carbonyl (C=O) groups is 1. The molecule has 1 fully saturated rings. The van der Waals surface area contributed by atoms with Gasteiger partial charge >= 0.3 is 0 Å². The molecule has 0 aliphatic carbocycles. The Morgan fingerprint density at radius 1 is 1.19 bits per heavy atom. The van der Waals surface area contributed by atoms with Crippen molar-refractivity contribution < 1.29 is 4.79 Å². The summed E-state index contributed by atoms with van der Waals surface area (Å²) in [5.41, 5.74) is 8.16. The molecule has 0 bridgehead atoms. The predicted octanol–water partition coefficient (Wildman–Crippen LogP) is 3.28. The molecule has 4 rings (SSSR count). The Labute approximate surface area is 166 Å². The summed E-state index contributed by atoms with van der Waals surface area (Å²) < 4.78 is 0. The van der Waals surface area contributed by atoms with E-state index in [1.165, 1.54) is 22.7 Å². The van der Waals surface area contributed by atoms with E-state index in [0.717, 1.165) is 47.4 Å². The van der Waals surface area contributed by atoms with Gasteiger partial charge in [-0.3, -0.25) is 4.79 Å². The van der Waals surface area contributed by atoms with Gasteiger partial charge in [-0.15, -0.1) is 11.3 Å². The molecule has 3 aromatic rings. The van der Waals surface area contributed by atoms with Crippen molar-refractivity contribution in [2.75, 3.05) is 36.9 Å². The van der Waals surface area contributed by atoms with E-state index in [2.05, 4.69) is 20.3 Å². The fraction of sp³-hybridized carbons (Fsp3) is 0.263. The molecule has 0 radical (unpaired) electrons. The molecule has 8 heteroatoms. The molecule has 1 aromatic carbocycles. The first-order valence-electron chi connectivity index (χ1n) is 8.81. The van der Waals surface area contributed by atoms with Crippen LogP contribution in [0.15, 0.2) is 41.8 Å². The van der Waals surface area contributed by atoms with Crippen LogP contribution in [0.25, 0.3) is 0 Å². The van der Waals surface area contributed by atoms with Crippen molar-refractivity contribution in [2.24, 2.45) is 0 Å². The van der Waals surface area contributed by atoms with Crippen molar-refractivity contribution in [1.29, 1.82) is 0 Å². The molecule has 0 spiro atoms. The van der Waals surface area contributed by atoms with Crippen molar-refractivity contribution in [3.8, 4) is 0 Å². The van der Waals surface area contributed by atoms with Gasteiger partial charge in [-0.05, 0) is 36.1 Å². The highest BCUT2D eigenvalue weighted by molar-refractivity contribution is 7.19. The predicted molar refractivity (Wildman–Crippen MR) is 112 cm³/mol. The molecule has 140 valence electrons. The number of thiazole rings is 1. The number of benzene rings is 1. The maximum Gasteiger partial charge on any atom is 0.217 e. The number of thiophene rings is 1. The van der Waals surface area contributed by atoms with Crippen LogP contribution in [0.3, 0.4) is 0 Å². The average Bonchev–Trinajstić information content (AvgIpc) is 3.29. The number of piperazine rings is 1. The number of rotatable bonds is 5. The number of ketones is 1. The van der Waals surface area contributed by atoms with E-state index < -0.39 is 0 Å². The molecular formula is C19H21N5OS2. The number of para-hydroxylation sites is 1. The Kier molecular flexibility index (Phi) is 5.22. The van der Waals surface area contributed by atoms with E-state index in [9.17, 15) is 4.79 Å². The third kappa shape index (κ3) is 3.61. The first kappa shape index (κ1) is 18.1. The van der Waals surface area contributed by atoms with Crippen LogP contribution >= 0.6 is 22.7 Å². The lowest BCUT2D eigenvalue weighted by Crippen LogP contribution is -2.50. The largest absolute Gasteiger partial charge is 0.382 e. The van der Waals surface area contributed by atoms with Gasteiger partial charge in [-0.25, -0.2) is 15.0 Å². The summed E-state index contributed by atoms with van der Waals surface area (Å²) in [5.74, 6) is 0.251. The highest BCUT2D eigenvalue weighted by atomic mass is 32.1. The smallest absolute Gasteiger partial charge is 0.217 e. The fourth-order valence-corrected chi connectivity index (χ4v) is 5.01. The Hall–Kier alpha value is -2.26. The van der Waals surface area contributed by atoms with Crippen LogP contribution in [-0.4, -0.2) is 42.0 Å². The van der Waals surface area contributed by atoms with Gasteiger partial charge in [0.1, 0.15) is 10.7 Å². The number of nitrogen functional groups attached to an aromatic ring is 1. The van der Waals surface area contributed by atoms with Gasteiger partial charge in [-0.2, -0.15) is 0 Å². The maximum atomic E-state index is 13.0. The van der Waals surface area contributed by atoms with Crippen molar-refractivity contribution in [3.05, 3.63) is 57.1 Å². The van der Waals surface area contributed by atoms with Crippen molar-refractivity contribution in [1.82, 2.24) is 15.3 Å². The minimum atomic E-state index is -0.0444. The third-order valence-electron chi connectivity index (χ3n) is 4.47. The Morgan fingerprint density at radius 3 is 2.59 bits per heavy atom. The summed E-state index contributed by atoms with van der Waals surface area (Å²) in [6, 6.07) is 12.0. The summed E-state index contributed by atoms with van der Waals surface area (Å²) >= 11 is 2.80. The second-order valence-corrected chi connectivity index (χ2v) is 8.22. The first-order chi connectivity index (χ1) is 13.1. The van der Waals surface area contributed by atoms with Crippen LogP contribution in [-0.2, 0) is 0 Å². The number of aryl methyl sites for hydroxylation is 1. The molecule has 1 aliphatic rings. The van der Waals surface area contributed by atoms with Crippen LogP contribution in [0.2, 0.25) is 0 Å². The second kappa shape index (κ2) is 7.77. The van der Waals surface area contributed by atoms with Crippen molar-refractivity contribution >= 4 is 45.1 Å². The first-order valence-corrected chi connectivity index (χ1v) is 10.5. The zero-order valence-corrected chi connectivity index (χ0v) is 16.6. The number of nitrogens with one attached hydrogen (secondary N) is 1. The number of aromatic nitrogens is 1. The number of hydrogen-bond donors (Lipinski definition) is 2. The van der Waals surface area contributed by atoms with E-state index >= 15 is 0 Å². The van der Waals surface area contributed by atoms with Crippen LogP contribution in [0.4, 0.5) is 16.6 Å². The standard InChI is InChI=1S/C19H21N5OS2/c1-13-7-12-26-16(13)15(25)17-18(20)22-19(27-17)24(14-5-3-2-4-6-14)23-10-8-21-9-11-23/h2-7,12,21H,8-11,20H2,1H3. The van der Waals surface area contributed by atoms with Crippen molar-refractivity contribution in [2.45, 2.75) is 6.92 Å². The molecule has 27 heavy (non-hydrogen) atoms. The lowest BCUT2D eigenvalue weighted by molar-refractivity contribution is 0.104. The van der Waals surface area contributed by atoms with Gasteiger partial charge in [0, 0.05) is 26.2 Å². The molecule has 0 unspecified atom stereocenters. The molecule has 3 heterocycles. The van der Waals surface area contributed by atoms with Gasteiger partial charge in [0.15, 0.2) is 0 Å². The fourth-order valence-electron chi connectivity index (χ4n) is 3.10. The number of hydrogen-bond acceptors (Lipinski definition) is 8. The summed E-state index contributed by atoms with van der Waals surface area (Å²) in [5, 5.41) is 10.3. The molecule has 1 saturated heterocycles. The van der Waals surface area contributed by atoms with Crippen molar-refractivity contribution in [3.63, 3.8) is 0 Å². The van der Waals surface area contributed by atoms with Gasteiger partial charge in [0.05, 0.1) is 10.6 Å². The Balaban J connectivity index is 1.73. The number of carbonyl (C=O) groups excluding carboxylic acids is 1. The maximum absolute atomic E-state index is 13.0. The number of nitrogens with two attached hydrogens (primary N) is 1. The van der Waals surface area contributed by atoms with Crippen LogP contribution in [0.5, 0.6) is 0 Å². The van der Waals surface area contributed by atoms with Gasteiger partial charge in [0.25, 0.3) is 0 Å². The van der Waals surface area contributed by atoms with Gasteiger partial charge in [0.2, 0.25) is 10.9 Å². The molecule has 1 aliphatic heterocycles. The zero-order valence-electron chi connectivity index (χ0n) is 15.0. The SMILES string of the molecule is Cc1ccsc1C(=O)c1sc(N(c2ccccc2)N2CCNCC2)nc1N. The number of nitrogens with zero attached hydrogens (tertiary/aromatic N) is 3. The van der Waals surface area contributed by atoms with Gasteiger partial charge < -0.3 is 11.1 Å². The summed E-state index contributed by atoms with van der Waals surface area (Å²) in [6.07, 6.45) is 0. The Bertz CT molecular complexity index is 931. The summed E-state index contributed by atoms with van der Waals surface area (Å²) in [7, 11) is 0. The van der Waals surface area contributed by atoms with E-state index in [0.29, 0.717) is 10.7 Å². The van der Waals surface area contributed by atoms with Gasteiger partial charge in [-0.1, -0.05) is 29.5 Å². The minimum absolute atomic E-state index is 0.0444. The van der Waals surface area contributed by atoms with E-state index in [4.69, 9.17) is 5.73 Å². The Morgan fingerprint density at radius 2 is 1.93 bits per heavy atom. The highest BCUT2D eigenvalue weighted by Crippen LogP contribution is 2.36. The normalized spacial score (nSPS) is 15.0. The number of hydrazine groups is 1. The minimum Gasteiger partial charge on any atom is -0.382 e. The molecular weight excluding hydrogens is 378 g/mol. The monoisotopic (exact) mass is 399 g/mol. The zero-order chi connectivity index (χ0) is 18.8. The van der Waals surface area contributed by atoms with E-state index in [1.807, 2.05) is 48.7 Å². The number of anilines is 3. The van der Waals surface area contributed by atoms with Crippen LogP contribution < -0.4 is 16.1 Å². The van der Waals surface area contributed by atoms with E-state index in [-0.39, 0.29) is 5.78 Å². The lowest BCUT2D eigenvalue weighted by atomic mass is 10.2. The molecule has 0 atom stereocenters. The summed E-state index contributed by atoms with van der Waals surface area (Å²) in [6.45, 7) is 5.48. The van der Waals surface area contributed by atoms with Crippen LogP contribution in [0.1, 0.15) is 20.1 Å². The molecule has 6 nitrogen and oxygen atoms in total. The summed E-state index contributed by atoms with van der Waals surface area (Å²) in [4.78, 5) is 18.8. The second-order valence-electron chi connectivity index (χ2n) is 6.32. The molecule has 2 aromatic heterocycles. The topological polar surface area (TPSA) is 74.5 Å². The average molecular weight is 400 g/mol. The highest BCUT2D eigenvalue weighted by Gasteiger charge is 2.27. The lowest BCUT2D eigenvalue weighted by Gasteiger charge is -2.37. The molecule has 0 saturated carbocycles. The van der Waals surface area contributed by atoms with E-state index in [1.54, 1.807) is 0 Å².